The summed E-state index contributed by atoms with van der Waals surface area (Å²) >= 11 is 0. The number of sulfone groups is 1. The highest BCUT2D eigenvalue weighted by atomic mass is 32.2. The van der Waals surface area contributed by atoms with Crippen molar-refractivity contribution in [3.05, 3.63) is 24.3 Å². The van der Waals surface area contributed by atoms with Gasteiger partial charge in [0, 0.05) is 25.9 Å². The van der Waals surface area contributed by atoms with E-state index in [0.717, 1.165) is 5.01 Å². The summed E-state index contributed by atoms with van der Waals surface area (Å²) < 4.78 is 55.3. The van der Waals surface area contributed by atoms with Crippen molar-refractivity contribution in [2.24, 2.45) is 5.10 Å². The Labute approximate surface area is 180 Å². The van der Waals surface area contributed by atoms with Crippen molar-refractivity contribution >= 4 is 37.4 Å². The Hall–Kier alpha value is -2.51. The van der Waals surface area contributed by atoms with Gasteiger partial charge in [-0.2, -0.15) is 5.10 Å². The third kappa shape index (κ3) is 5.80. The molecule has 1 atom stereocenters. The first-order valence-electron chi connectivity index (χ1n) is 9.63. The molecule has 1 fully saturated rings. The van der Waals surface area contributed by atoms with Crippen molar-refractivity contribution in [3.8, 4) is 5.75 Å². The molecule has 0 aliphatic carbocycles. The summed E-state index contributed by atoms with van der Waals surface area (Å²) in [6.45, 7) is -0.0319. The van der Waals surface area contributed by atoms with Crippen molar-refractivity contribution in [1.82, 2.24) is 15.0 Å². The molecule has 2 aliphatic heterocycles. The van der Waals surface area contributed by atoms with Crippen LogP contribution in [0.3, 0.4) is 0 Å². The minimum absolute atomic E-state index is 0.00711. The maximum Gasteiger partial charge on any atom is 0.267 e. The number of methoxy groups -OCH3 is 1. The maximum absolute atomic E-state index is 12.4. The molecule has 1 aromatic carbocycles. The van der Waals surface area contributed by atoms with Crippen molar-refractivity contribution < 1.29 is 31.2 Å². The van der Waals surface area contributed by atoms with Gasteiger partial charge in [-0.25, -0.2) is 26.6 Å². The molecule has 0 unspecified atom stereocenters. The van der Waals surface area contributed by atoms with E-state index in [1.807, 2.05) is 0 Å². The molecule has 1 saturated heterocycles. The molecule has 0 radical (unpaired) electrons. The van der Waals surface area contributed by atoms with Crippen LogP contribution in [0.15, 0.2) is 34.3 Å². The van der Waals surface area contributed by atoms with Gasteiger partial charge < -0.3 is 10.1 Å². The van der Waals surface area contributed by atoms with Gasteiger partial charge in [0.2, 0.25) is 15.9 Å². The van der Waals surface area contributed by atoms with Crippen LogP contribution >= 0.6 is 0 Å². The second kappa shape index (κ2) is 9.32. The van der Waals surface area contributed by atoms with E-state index in [1.165, 1.54) is 31.4 Å². The molecule has 11 nitrogen and oxygen atoms in total. The topological polar surface area (TPSA) is 151 Å². The van der Waals surface area contributed by atoms with Crippen molar-refractivity contribution in [3.63, 3.8) is 0 Å². The molecule has 2 N–H and O–H groups in total. The smallest absolute Gasteiger partial charge is 0.267 e. The van der Waals surface area contributed by atoms with Gasteiger partial charge in [0.05, 0.1) is 29.6 Å². The first-order chi connectivity index (χ1) is 14.6. The van der Waals surface area contributed by atoms with Crippen molar-refractivity contribution in [2.45, 2.75) is 30.2 Å². The lowest BCUT2D eigenvalue weighted by Crippen LogP contribution is -2.44. The highest BCUT2D eigenvalue weighted by Gasteiger charge is 2.37. The Morgan fingerprint density at radius 3 is 2.55 bits per heavy atom. The normalized spacial score (nSPS) is 20.9. The van der Waals surface area contributed by atoms with Gasteiger partial charge in [0.1, 0.15) is 11.5 Å². The van der Waals surface area contributed by atoms with E-state index in [4.69, 9.17) is 4.74 Å². The Kier molecular flexibility index (Phi) is 6.96. The number of amides is 2. The van der Waals surface area contributed by atoms with Crippen LogP contribution in [0.1, 0.15) is 19.3 Å². The zero-order valence-corrected chi connectivity index (χ0v) is 18.5. The Morgan fingerprint density at radius 2 is 1.94 bits per heavy atom. The molecule has 3 rings (SSSR count). The molecule has 2 heterocycles. The van der Waals surface area contributed by atoms with Crippen LogP contribution in [-0.2, 0) is 29.4 Å². The zero-order valence-electron chi connectivity index (χ0n) is 16.9. The van der Waals surface area contributed by atoms with Gasteiger partial charge in [-0.05, 0) is 30.7 Å². The standard InChI is InChI=1S/C18H24N4O7S2/c1-29-14-2-4-15(5-3-14)31(27,28)20-10-9-19-18(24)16-6-7-17(23)22(21-16)13-8-11-30(25,26)12-13/h2-5,13,20H,6-12H2,1H3,(H,19,24)/t13-/m0/s1. The molecule has 2 amide bonds. The fourth-order valence-corrected chi connectivity index (χ4v) is 6.01. The lowest BCUT2D eigenvalue weighted by molar-refractivity contribution is -0.133. The Balaban J connectivity index is 1.53. The SMILES string of the molecule is COc1ccc(S(=O)(=O)NCCNC(=O)C2=NN([C@H]3CCS(=O)(=O)C3)C(=O)CC2)cc1. The van der Waals surface area contributed by atoms with Gasteiger partial charge in [0.25, 0.3) is 5.91 Å². The number of carbonyl (C=O) groups is 2. The number of carbonyl (C=O) groups excluding carboxylic acids is 2. The molecule has 0 bridgehead atoms. The van der Waals surface area contributed by atoms with Crippen LogP contribution in [0, 0.1) is 0 Å². The summed E-state index contributed by atoms with van der Waals surface area (Å²) in [5.41, 5.74) is 0.113. The number of hydrogen-bond acceptors (Lipinski definition) is 8. The summed E-state index contributed by atoms with van der Waals surface area (Å²) in [4.78, 5) is 24.5. The molecular formula is C18H24N4O7S2. The molecular weight excluding hydrogens is 448 g/mol. The van der Waals surface area contributed by atoms with Gasteiger partial charge in [-0.1, -0.05) is 0 Å². The van der Waals surface area contributed by atoms with E-state index in [0.29, 0.717) is 12.2 Å². The van der Waals surface area contributed by atoms with E-state index in [2.05, 4.69) is 15.1 Å². The first kappa shape index (κ1) is 23.2. The molecule has 13 heteroatoms. The number of nitrogens with zero attached hydrogens (tertiary/aromatic N) is 2. The molecule has 31 heavy (non-hydrogen) atoms. The van der Waals surface area contributed by atoms with Crippen LogP contribution in [-0.4, -0.2) is 77.1 Å². The van der Waals surface area contributed by atoms with Crippen LogP contribution < -0.4 is 14.8 Å². The van der Waals surface area contributed by atoms with E-state index in [9.17, 15) is 26.4 Å². The average molecular weight is 473 g/mol. The zero-order chi connectivity index (χ0) is 22.6. The number of benzene rings is 1. The number of ether oxygens (including phenoxy) is 1. The van der Waals surface area contributed by atoms with Crippen molar-refractivity contribution in [1.29, 1.82) is 0 Å². The predicted molar refractivity (Wildman–Crippen MR) is 112 cm³/mol. The number of hydrogen-bond donors (Lipinski definition) is 2. The lowest BCUT2D eigenvalue weighted by atomic mass is 10.1. The predicted octanol–water partition coefficient (Wildman–Crippen LogP) is -0.745. The largest absolute Gasteiger partial charge is 0.497 e. The summed E-state index contributed by atoms with van der Waals surface area (Å²) in [5, 5.41) is 7.75. The van der Waals surface area contributed by atoms with Crippen LogP contribution in [0.2, 0.25) is 0 Å². The highest BCUT2D eigenvalue weighted by Crippen LogP contribution is 2.22. The van der Waals surface area contributed by atoms with E-state index in [-0.39, 0.29) is 54.0 Å². The summed E-state index contributed by atoms with van der Waals surface area (Å²) in [7, 11) is -5.47. The van der Waals surface area contributed by atoms with Gasteiger partial charge in [0.15, 0.2) is 9.84 Å². The maximum atomic E-state index is 12.4. The fourth-order valence-electron chi connectivity index (χ4n) is 3.29. The summed E-state index contributed by atoms with van der Waals surface area (Å²) in [6, 6.07) is 5.31. The minimum Gasteiger partial charge on any atom is -0.497 e. The minimum atomic E-state index is -3.74. The third-order valence-electron chi connectivity index (χ3n) is 4.95. The number of nitrogens with one attached hydrogen (secondary N) is 2. The number of hydrazone groups is 1. The number of rotatable bonds is 8. The van der Waals surface area contributed by atoms with Crippen LogP contribution in [0.5, 0.6) is 5.75 Å². The average Bonchev–Trinajstić information content (AvgIpc) is 3.11. The summed E-state index contributed by atoms with van der Waals surface area (Å²) in [6.07, 6.45) is 0.491. The van der Waals surface area contributed by atoms with E-state index >= 15 is 0 Å². The Bertz CT molecular complexity index is 1080. The second-order valence-electron chi connectivity index (χ2n) is 7.17. The highest BCUT2D eigenvalue weighted by molar-refractivity contribution is 7.91. The first-order valence-corrected chi connectivity index (χ1v) is 12.9. The monoisotopic (exact) mass is 472 g/mol. The van der Waals surface area contributed by atoms with E-state index in [1.54, 1.807) is 0 Å². The quantitative estimate of drug-likeness (QED) is 0.473. The van der Waals surface area contributed by atoms with Crippen molar-refractivity contribution in [2.75, 3.05) is 31.7 Å². The van der Waals surface area contributed by atoms with Gasteiger partial charge in [-0.15, -0.1) is 0 Å². The molecule has 170 valence electrons. The Morgan fingerprint density at radius 1 is 1.23 bits per heavy atom. The lowest BCUT2D eigenvalue weighted by Gasteiger charge is -2.27. The molecule has 1 aromatic rings. The second-order valence-corrected chi connectivity index (χ2v) is 11.2. The van der Waals surface area contributed by atoms with Gasteiger partial charge >= 0.3 is 0 Å². The summed E-state index contributed by atoms with van der Waals surface area (Å²) in [5.74, 6) is -0.480. The van der Waals surface area contributed by atoms with Crippen LogP contribution in [0.4, 0.5) is 0 Å². The molecule has 0 aromatic heterocycles. The third-order valence-corrected chi connectivity index (χ3v) is 8.18. The molecule has 2 aliphatic rings. The number of sulfonamides is 1. The fraction of sp³-hybridized carbons (Fsp3) is 0.500. The van der Waals surface area contributed by atoms with Crippen LogP contribution in [0.25, 0.3) is 0 Å². The van der Waals surface area contributed by atoms with Gasteiger partial charge in [-0.3, -0.25) is 9.59 Å². The van der Waals surface area contributed by atoms with E-state index < -0.39 is 31.8 Å². The molecule has 0 spiro atoms. The molecule has 0 saturated carbocycles.